The van der Waals surface area contributed by atoms with Gasteiger partial charge in [0.1, 0.15) is 12.4 Å². The van der Waals surface area contributed by atoms with E-state index in [1.807, 2.05) is 0 Å². The SMILES string of the molecule is CC/C(=C(/c1ccc(OCCN(C)C)cc1)c1ccc2c(c1)O2)c1ccccc1. The number of nitrogens with zero attached hydrogens (tertiary/aromatic N) is 1. The van der Waals surface area contributed by atoms with E-state index in [9.17, 15) is 0 Å². The third-order valence-corrected chi connectivity index (χ3v) is 5.14. The van der Waals surface area contributed by atoms with E-state index in [1.54, 1.807) is 0 Å². The zero-order valence-electron chi connectivity index (χ0n) is 17.3. The van der Waals surface area contributed by atoms with Crippen LogP contribution in [0.3, 0.4) is 0 Å². The number of benzene rings is 3. The number of allylic oxidation sites excluding steroid dienone is 1. The van der Waals surface area contributed by atoms with Crippen LogP contribution in [0.2, 0.25) is 0 Å². The maximum absolute atomic E-state index is 5.88. The molecule has 0 unspecified atom stereocenters. The van der Waals surface area contributed by atoms with Crippen molar-refractivity contribution in [2.24, 2.45) is 0 Å². The normalized spacial score (nSPS) is 12.8. The van der Waals surface area contributed by atoms with Crippen molar-refractivity contribution < 1.29 is 9.47 Å². The maximum atomic E-state index is 5.88. The van der Waals surface area contributed by atoms with E-state index in [-0.39, 0.29) is 0 Å². The maximum Gasteiger partial charge on any atom is 0.170 e. The lowest BCUT2D eigenvalue weighted by molar-refractivity contribution is 0.261. The molecule has 0 aromatic heterocycles. The molecule has 0 saturated carbocycles. The minimum atomic E-state index is 0.682. The fourth-order valence-corrected chi connectivity index (χ4v) is 3.56. The molecule has 0 N–H and O–H groups in total. The number of hydrogen-bond donors (Lipinski definition) is 0. The minimum Gasteiger partial charge on any atom is -0.492 e. The molecule has 29 heavy (non-hydrogen) atoms. The van der Waals surface area contributed by atoms with Crippen molar-refractivity contribution in [3.05, 3.63) is 89.5 Å². The van der Waals surface area contributed by atoms with Crippen molar-refractivity contribution in [1.29, 1.82) is 0 Å². The van der Waals surface area contributed by atoms with Gasteiger partial charge in [0.2, 0.25) is 0 Å². The third-order valence-electron chi connectivity index (χ3n) is 5.14. The van der Waals surface area contributed by atoms with Crippen molar-refractivity contribution in [1.82, 2.24) is 4.90 Å². The predicted octanol–water partition coefficient (Wildman–Crippen LogP) is 6.10. The van der Waals surface area contributed by atoms with Crippen LogP contribution in [0.1, 0.15) is 30.0 Å². The Morgan fingerprint density at radius 3 is 2.21 bits per heavy atom. The fraction of sp³-hybridized carbons (Fsp3) is 0.231. The summed E-state index contributed by atoms with van der Waals surface area (Å²) in [6.45, 7) is 3.80. The molecule has 0 atom stereocenters. The molecule has 3 aromatic rings. The molecule has 0 spiro atoms. The molecule has 0 aliphatic carbocycles. The van der Waals surface area contributed by atoms with Crippen LogP contribution in [0.25, 0.3) is 11.1 Å². The van der Waals surface area contributed by atoms with Crippen LogP contribution >= 0.6 is 0 Å². The number of rotatable bonds is 8. The monoisotopic (exact) mass is 385 g/mol. The minimum absolute atomic E-state index is 0.682. The van der Waals surface area contributed by atoms with Gasteiger partial charge in [0.15, 0.2) is 11.5 Å². The predicted molar refractivity (Wildman–Crippen MR) is 120 cm³/mol. The van der Waals surface area contributed by atoms with Gasteiger partial charge in [-0.25, -0.2) is 0 Å². The summed E-state index contributed by atoms with van der Waals surface area (Å²) in [4.78, 5) is 2.12. The molecule has 4 rings (SSSR count). The van der Waals surface area contributed by atoms with Gasteiger partial charge in [-0.05, 0) is 72.6 Å². The third kappa shape index (κ3) is 4.52. The van der Waals surface area contributed by atoms with Gasteiger partial charge in [-0.2, -0.15) is 0 Å². The molecular weight excluding hydrogens is 358 g/mol. The van der Waals surface area contributed by atoms with E-state index in [4.69, 9.17) is 9.47 Å². The molecule has 148 valence electrons. The van der Waals surface area contributed by atoms with Crippen LogP contribution in [0.15, 0.2) is 72.8 Å². The molecule has 1 heterocycles. The average molecular weight is 386 g/mol. The van der Waals surface area contributed by atoms with Crippen molar-refractivity contribution in [2.45, 2.75) is 13.3 Å². The second kappa shape index (κ2) is 8.54. The first kappa shape index (κ1) is 19.3. The smallest absolute Gasteiger partial charge is 0.170 e. The Bertz CT molecular complexity index is 1000. The van der Waals surface area contributed by atoms with Crippen LogP contribution < -0.4 is 9.47 Å². The Kier molecular flexibility index (Phi) is 5.68. The van der Waals surface area contributed by atoms with E-state index in [2.05, 4.69) is 98.7 Å². The Balaban J connectivity index is 1.72. The Morgan fingerprint density at radius 1 is 0.828 bits per heavy atom. The van der Waals surface area contributed by atoms with Crippen LogP contribution in [0.4, 0.5) is 0 Å². The van der Waals surface area contributed by atoms with Gasteiger partial charge in [-0.15, -0.1) is 0 Å². The summed E-state index contributed by atoms with van der Waals surface area (Å²) < 4.78 is 11.4. The summed E-state index contributed by atoms with van der Waals surface area (Å²) in [6, 6.07) is 25.4. The van der Waals surface area contributed by atoms with Gasteiger partial charge in [-0.3, -0.25) is 0 Å². The number of ether oxygens (including phenoxy) is 2. The van der Waals surface area contributed by atoms with Gasteiger partial charge in [-0.1, -0.05) is 55.5 Å². The number of hydrogen-bond acceptors (Lipinski definition) is 3. The molecular formula is C26H27NO2. The summed E-state index contributed by atoms with van der Waals surface area (Å²) in [7, 11) is 4.10. The topological polar surface area (TPSA) is 25.0 Å². The zero-order valence-corrected chi connectivity index (χ0v) is 17.3. The summed E-state index contributed by atoms with van der Waals surface area (Å²) in [5, 5.41) is 0. The summed E-state index contributed by atoms with van der Waals surface area (Å²) >= 11 is 0. The van der Waals surface area contributed by atoms with E-state index >= 15 is 0 Å². The lowest BCUT2D eigenvalue weighted by Crippen LogP contribution is -2.19. The highest BCUT2D eigenvalue weighted by Gasteiger charge is 2.22. The zero-order chi connectivity index (χ0) is 20.2. The first-order chi connectivity index (χ1) is 14.2. The molecule has 1 aliphatic heterocycles. The van der Waals surface area contributed by atoms with E-state index < -0.39 is 0 Å². The van der Waals surface area contributed by atoms with Crippen LogP contribution in [-0.2, 0) is 0 Å². The molecule has 0 amide bonds. The standard InChI is InChI=1S/C26H27NO2/c1-4-23(19-8-6-5-7-9-19)26(21-12-15-24-25(18-21)29-24)20-10-13-22(14-11-20)28-17-16-27(2)3/h5-15,18H,4,16-17H2,1-3H3/b26-23+. The summed E-state index contributed by atoms with van der Waals surface area (Å²) in [5.74, 6) is 2.86. The highest BCUT2D eigenvalue weighted by Crippen LogP contribution is 2.47. The van der Waals surface area contributed by atoms with Crippen LogP contribution in [-0.4, -0.2) is 32.1 Å². The van der Waals surface area contributed by atoms with Crippen molar-refractivity contribution in [3.63, 3.8) is 0 Å². The van der Waals surface area contributed by atoms with Gasteiger partial charge in [0.25, 0.3) is 0 Å². The van der Waals surface area contributed by atoms with Crippen molar-refractivity contribution >= 4 is 11.1 Å². The number of likely N-dealkylation sites (N-methyl/N-ethyl adjacent to an activating group) is 1. The quantitative estimate of drug-likeness (QED) is 0.270. The van der Waals surface area contributed by atoms with Gasteiger partial charge >= 0.3 is 0 Å². The first-order valence-corrected chi connectivity index (χ1v) is 10.1. The molecule has 3 aromatic carbocycles. The van der Waals surface area contributed by atoms with E-state index in [1.165, 1.54) is 27.8 Å². The Labute approximate surface area is 173 Å². The second-order valence-electron chi connectivity index (χ2n) is 7.51. The molecule has 1 aliphatic rings. The lowest BCUT2D eigenvalue weighted by Gasteiger charge is -2.16. The highest BCUT2D eigenvalue weighted by atomic mass is 16.6. The summed E-state index contributed by atoms with van der Waals surface area (Å²) in [6.07, 6.45) is 0.943. The molecule has 0 saturated heterocycles. The van der Waals surface area contributed by atoms with Crippen LogP contribution in [0, 0.1) is 0 Å². The van der Waals surface area contributed by atoms with Gasteiger partial charge in [0, 0.05) is 6.54 Å². The molecule has 0 radical (unpaired) electrons. The Hall–Kier alpha value is -3.04. The second-order valence-corrected chi connectivity index (χ2v) is 7.51. The van der Waals surface area contributed by atoms with Gasteiger partial charge < -0.3 is 14.4 Å². The Morgan fingerprint density at radius 2 is 1.55 bits per heavy atom. The van der Waals surface area contributed by atoms with Gasteiger partial charge in [0.05, 0.1) is 0 Å². The molecule has 0 fully saturated rings. The van der Waals surface area contributed by atoms with Crippen LogP contribution in [0.5, 0.6) is 17.2 Å². The average Bonchev–Trinajstić information content (AvgIpc) is 3.52. The van der Waals surface area contributed by atoms with E-state index in [0.29, 0.717) is 6.61 Å². The largest absolute Gasteiger partial charge is 0.492 e. The lowest BCUT2D eigenvalue weighted by atomic mass is 9.88. The molecule has 3 heteroatoms. The van der Waals surface area contributed by atoms with E-state index in [0.717, 1.165) is 30.2 Å². The number of fused-ring (bicyclic) bond motifs is 1. The highest BCUT2D eigenvalue weighted by molar-refractivity contribution is 5.99. The molecule has 3 nitrogen and oxygen atoms in total. The fourth-order valence-electron chi connectivity index (χ4n) is 3.56. The molecule has 0 bridgehead atoms. The first-order valence-electron chi connectivity index (χ1n) is 10.1. The van der Waals surface area contributed by atoms with Crippen molar-refractivity contribution in [3.8, 4) is 17.2 Å². The van der Waals surface area contributed by atoms with Crippen molar-refractivity contribution in [2.75, 3.05) is 27.2 Å². The summed E-state index contributed by atoms with van der Waals surface area (Å²) in [5.41, 5.74) is 6.20.